The Morgan fingerprint density at radius 2 is 2.23 bits per heavy atom. The van der Waals surface area contributed by atoms with Crippen LogP contribution in [0.25, 0.3) is 0 Å². The van der Waals surface area contributed by atoms with Gasteiger partial charge >= 0.3 is 0 Å². The fourth-order valence-corrected chi connectivity index (χ4v) is 2.74. The van der Waals surface area contributed by atoms with E-state index in [4.69, 9.17) is 0 Å². The maximum absolute atomic E-state index is 12.1. The minimum atomic E-state index is -0.549. The van der Waals surface area contributed by atoms with Gasteiger partial charge in [-0.2, -0.15) is 0 Å². The molecule has 0 radical (unpaired) electrons. The summed E-state index contributed by atoms with van der Waals surface area (Å²) in [5.41, 5.74) is 1.22. The summed E-state index contributed by atoms with van der Waals surface area (Å²) >= 11 is 0. The number of rotatable bonds is 6. The lowest BCUT2D eigenvalue weighted by atomic mass is 9.99. The summed E-state index contributed by atoms with van der Waals surface area (Å²) in [5.74, 6) is 0.558. The maximum Gasteiger partial charge on any atom is 0.254 e. The summed E-state index contributed by atoms with van der Waals surface area (Å²) in [5, 5.41) is 12.9. The number of β-amino-alcohol motifs (C(OH)–C–C–N with tert-alkyl or cyclic N) is 1. The molecule has 2 N–H and O–H groups in total. The molecule has 6 nitrogen and oxygen atoms in total. The molecule has 122 valence electrons. The number of aromatic nitrogens is 2. The SMILES string of the molecule is CCc1ncncc1C(=O)NCC(O)CN1CCC(C)CC1. The molecule has 0 spiro atoms. The normalized spacial score (nSPS) is 18.1. The second-order valence-electron chi connectivity index (χ2n) is 6.08. The molecule has 6 heteroatoms. The van der Waals surface area contributed by atoms with E-state index in [0.29, 0.717) is 18.5 Å². The summed E-state index contributed by atoms with van der Waals surface area (Å²) < 4.78 is 0. The summed E-state index contributed by atoms with van der Waals surface area (Å²) in [6.45, 7) is 7.13. The average Bonchev–Trinajstić information content (AvgIpc) is 2.54. The quantitative estimate of drug-likeness (QED) is 0.815. The first-order valence-electron chi connectivity index (χ1n) is 8.07. The predicted octanol–water partition coefficient (Wildman–Crippen LogP) is 0.862. The molecule has 1 aromatic rings. The van der Waals surface area contributed by atoms with E-state index >= 15 is 0 Å². The summed E-state index contributed by atoms with van der Waals surface area (Å²) in [7, 11) is 0. The fraction of sp³-hybridized carbons (Fsp3) is 0.688. The lowest BCUT2D eigenvalue weighted by molar-refractivity contribution is 0.0794. The molecule has 1 unspecified atom stereocenters. The van der Waals surface area contributed by atoms with Gasteiger partial charge in [-0.15, -0.1) is 0 Å². The molecule has 2 heterocycles. The lowest BCUT2D eigenvalue weighted by Gasteiger charge is -2.31. The Bertz CT molecular complexity index is 487. The zero-order chi connectivity index (χ0) is 15.9. The number of aliphatic hydroxyl groups is 1. The van der Waals surface area contributed by atoms with Crippen LogP contribution in [0.2, 0.25) is 0 Å². The van der Waals surface area contributed by atoms with Crippen LogP contribution in [0.15, 0.2) is 12.5 Å². The van der Waals surface area contributed by atoms with Crippen molar-refractivity contribution in [2.24, 2.45) is 5.92 Å². The van der Waals surface area contributed by atoms with E-state index in [2.05, 4.69) is 27.1 Å². The van der Waals surface area contributed by atoms with Crippen molar-refractivity contribution in [3.8, 4) is 0 Å². The minimum Gasteiger partial charge on any atom is -0.390 e. The van der Waals surface area contributed by atoms with Crippen molar-refractivity contribution in [2.45, 2.75) is 39.2 Å². The number of hydrogen-bond donors (Lipinski definition) is 2. The number of piperidine rings is 1. The number of hydrogen-bond acceptors (Lipinski definition) is 5. The van der Waals surface area contributed by atoms with Crippen LogP contribution < -0.4 is 5.32 Å². The van der Waals surface area contributed by atoms with Crippen LogP contribution >= 0.6 is 0 Å². The van der Waals surface area contributed by atoms with E-state index in [9.17, 15) is 9.90 Å². The summed E-state index contributed by atoms with van der Waals surface area (Å²) in [6.07, 6.45) is 5.47. The van der Waals surface area contributed by atoms with Crippen molar-refractivity contribution >= 4 is 5.91 Å². The first-order chi connectivity index (χ1) is 10.6. The molecule has 1 aliphatic rings. The molecule has 0 aliphatic carbocycles. The molecule has 0 bridgehead atoms. The number of nitrogens with one attached hydrogen (secondary N) is 1. The number of aryl methyl sites for hydroxylation is 1. The van der Waals surface area contributed by atoms with Gasteiger partial charge in [0.05, 0.1) is 17.4 Å². The Labute approximate surface area is 132 Å². The van der Waals surface area contributed by atoms with Gasteiger partial charge in [-0.3, -0.25) is 4.79 Å². The molecule has 0 saturated carbocycles. The van der Waals surface area contributed by atoms with Crippen LogP contribution in [0.1, 0.15) is 42.7 Å². The molecule has 1 aromatic heterocycles. The van der Waals surface area contributed by atoms with Crippen LogP contribution in [-0.4, -0.2) is 58.2 Å². The average molecular weight is 306 g/mol. The second-order valence-corrected chi connectivity index (χ2v) is 6.08. The van der Waals surface area contributed by atoms with Crippen LogP contribution in [0, 0.1) is 5.92 Å². The number of likely N-dealkylation sites (tertiary alicyclic amines) is 1. The molecule has 0 aromatic carbocycles. The summed E-state index contributed by atoms with van der Waals surface area (Å²) in [6, 6.07) is 0. The van der Waals surface area contributed by atoms with Gasteiger partial charge < -0.3 is 15.3 Å². The number of carbonyl (C=O) groups is 1. The Kier molecular flexibility index (Phi) is 6.27. The van der Waals surface area contributed by atoms with E-state index in [1.165, 1.54) is 25.4 Å². The molecule has 2 rings (SSSR count). The van der Waals surface area contributed by atoms with E-state index in [1.54, 1.807) is 0 Å². The maximum atomic E-state index is 12.1. The highest BCUT2D eigenvalue weighted by molar-refractivity contribution is 5.94. The number of nitrogens with zero attached hydrogens (tertiary/aromatic N) is 3. The Morgan fingerprint density at radius 1 is 1.50 bits per heavy atom. The van der Waals surface area contributed by atoms with Gasteiger partial charge in [0.2, 0.25) is 0 Å². The van der Waals surface area contributed by atoms with Gasteiger partial charge in [0, 0.05) is 19.3 Å². The molecule has 1 fully saturated rings. The second kappa shape index (κ2) is 8.19. The van der Waals surface area contributed by atoms with Crippen molar-refractivity contribution in [1.82, 2.24) is 20.2 Å². The molecular formula is C16H26N4O2. The zero-order valence-electron chi connectivity index (χ0n) is 13.5. The van der Waals surface area contributed by atoms with Crippen LogP contribution in [-0.2, 0) is 6.42 Å². The van der Waals surface area contributed by atoms with Crippen molar-refractivity contribution in [3.63, 3.8) is 0 Å². The highest BCUT2D eigenvalue weighted by Gasteiger charge is 2.19. The van der Waals surface area contributed by atoms with Gasteiger partial charge in [0.15, 0.2) is 0 Å². The van der Waals surface area contributed by atoms with Gasteiger partial charge in [-0.1, -0.05) is 13.8 Å². The monoisotopic (exact) mass is 306 g/mol. The van der Waals surface area contributed by atoms with E-state index in [1.807, 2.05) is 6.92 Å². The first-order valence-corrected chi connectivity index (χ1v) is 8.07. The first kappa shape index (κ1) is 16.8. The topological polar surface area (TPSA) is 78.3 Å². The molecule has 1 atom stereocenters. The van der Waals surface area contributed by atoms with E-state index in [-0.39, 0.29) is 12.5 Å². The van der Waals surface area contributed by atoms with Gasteiger partial charge in [0.1, 0.15) is 6.33 Å². The highest BCUT2D eigenvalue weighted by Crippen LogP contribution is 2.15. The van der Waals surface area contributed by atoms with Gasteiger partial charge in [-0.25, -0.2) is 9.97 Å². The number of amides is 1. The van der Waals surface area contributed by atoms with Crippen LogP contribution in [0.3, 0.4) is 0 Å². The predicted molar refractivity (Wildman–Crippen MR) is 84.6 cm³/mol. The largest absolute Gasteiger partial charge is 0.390 e. The summed E-state index contributed by atoms with van der Waals surface area (Å²) in [4.78, 5) is 22.4. The van der Waals surface area contributed by atoms with Crippen molar-refractivity contribution in [1.29, 1.82) is 0 Å². The third-order valence-corrected chi connectivity index (χ3v) is 4.22. The third-order valence-electron chi connectivity index (χ3n) is 4.22. The standard InChI is InChI=1S/C16H26N4O2/c1-3-15-14(9-17-11-19-15)16(22)18-8-13(21)10-20-6-4-12(2)5-7-20/h9,11-13,21H,3-8,10H2,1-2H3,(H,18,22). The number of aliphatic hydroxyl groups excluding tert-OH is 1. The van der Waals surface area contributed by atoms with Crippen molar-refractivity contribution < 1.29 is 9.90 Å². The molecule has 1 amide bonds. The lowest BCUT2D eigenvalue weighted by Crippen LogP contribution is -2.43. The van der Waals surface area contributed by atoms with E-state index < -0.39 is 6.10 Å². The van der Waals surface area contributed by atoms with Crippen molar-refractivity contribution in [3.05, 3.63) is 23.8 Å². The van der Waals surface area contributed by atoms with Crippen molar-refractivity contribution in [2.75, 3.05) is 26.2 Å². The van der Waals surface area contributed by atoms with E-state index in [0.717, 1.165) is 24.7 Å². The molecule has 1 aliphatic heterocycles. The number of carbonyl (C=O) groups excluding carboxylic acids is 1. The van der Waals surface area contributed by atoms with Gasteiger partial charge in [-0.05, 0) is 38.3 Å². The fourth-order valence-electron chi connectivity index (χ4n) is 2.74. The molecular weight excluding hydrogens is 280 g/mol. The molecule has 22 heavy (non-hydrogen) atoms. The van der Waals surface area contributed by atoms with Gasteiger partial charge in [0.25, 0.3) is 5.91 Å². The Balaban J connectivity index is 1.78. The zero-order valence-corrected chi connectivity index (χ0v) is 13.5. The van der Waals surface area contributed by atoms with Crippen LogP contribution in [0.4, 0.5) is 0 Å². The Hall–Kier alpha value is -1.53. The highest BCUT2D eigenvalue weighted by atomic mass is 16.3. The smallest absolute Gasteiger partial charge is 0.254 e. The third kappa shape index (κ3) is 4.74. The minimum absolute atomic E-state index is 0.219. The Morgan fingerprint density at radius 3 is 2.91 bits per heavy atom. The van der Waals surface area contributed by atoms with Crippen LogP contribution in [0.5, 0.6) is 0 Å². The molecule has 1 saturated heterocycles.